The molecule has 0 amide bonds. The zero-order chi connectivity index (χ0) is 8.69. The summed E-state index contributed by atoms with van der Waals surface area (Å²) in [5.41, 5.74) is 0. The van der Waals surface area contributed by atoms with Crippen LogP contribution in [0.4, 0.5) is 0 Å². The third-order valence-corrected chi connectivity index (χ3v) is 1.24. The second-order valence-electron chi connectivity index (χ2n) is 2.68. The van der Waals surface area contributed by atoms with E-state index in [0.717, 1.165) is 0 Å². The minimum absolute atomic E-state index is 0. The van der Waals surface area contributed by atoms with Crippen molar-refractivity contribution in [3.05, 3.63) is 0 Å². The largest absolute Gasteiger partial charge is 1.00 e. The molecule has 0 aliphatic carbocycles. The smallest absolute Gasteiger partial charge is 1.00 e. The van der Waals surface area contributed by atoms with Crippen LogP contribution in [-0.2, 0) is 23.3 Å². The maximum Gasteiger partial charge on any atom is -1.00 e. The molecule has 0 bridgehead atoms. The van der Waals surface area contributed by atoms with Crippen molar-refractivity contribution < 1.29 is 60.5 Å². The SMILES string of the molecule is CN(C)C[O][Fe+3][O]CN(C)C.[Cl-].[Cl-].[Cl-]. The van der Waals surface area contributed by atoms with Gasteiger partial charge in [0.1, 0.15) is 0 Å². The Morgan fingerprint density at radius 2 is 1.07 bits per heavy atom. The molecule has 0 unspecified atom stereocenters. The zero-order valence-electron chi connectivity index (χ0n) is 8.61. The summed E-state index contributed by atoms with van der Waals surface area (Å²) in [6, 6.07) is 0. The monoisotopic (exact) mass is 309 g/mol. The molecule has 0 spiro atoms. The first-order valence-electron chi connectivity index (χ1n) is 3.29. The Morgan fingerprint density at radius 1 is 0.786 bits per heavy atom. The van der Waals surface area contributed by atoms with Gasteiger partial charge in [0.25, 0.3) is 0 Å². The fourth-order valence-corrected chi connectivity index (χ4v) is 1.03. The molecule has 91 valence electrons. The minimum atomic E-state index is 0. The van der Waals surface area contributed by atoms with Crippen molar-refractivity contribution in [1.82, 2.24) is 9.80 Å². The summed E-state index contributed by atoms with van der Waals surface area (Å²) in [5, 5.41) is 0. The predicted octanol–water partition coefficient (Wildman–Crippen LogP) is -9.02. The van der Waals surface area contributed by atoms with Crippen LogP contribution >= 0.6 is 0 Å². The molecule has 0 rings (SSSR count). The van der Waals surface area contributed by atoms with Crippen molar-refractivity contribution >= 4 is 0 Å². The van der Waals surface area contributed by atoms with E-state index in [4.69, 9.17) is 7.64 Å². The summed E-state index contributed by atoms with van der Waals surface area (Å²) in [6.07, 6.45) is 0. The Bertz CT molecular complexity index is 91.1. The van der Waals surface area contributed by atoms with E-state index in [2.05, 4.69) is 0 Å². The summed E-state index contributed by atoms with van der Waals surface area (Å²) in [7, 11) is 7.80. The van der Waals surface area contributed by atoms with Gasteiger partial charge < -0.3 is 37.2 Å². The van der Waals surface area contributed by atoms with E-state index < -0.39 is 0 Å². The molecule has 0 aromatic rings. The molecular weight excluding hydrogens is 294 g/mol. The van der Waals surface area contributed by atoms with Crippen molar-refractivity contribution in [2.45, 2.75) is 0 Å². The number of hydrogen-bond acceptors (Lipinski definition) is 4. The first kappa shape index (κ1) is 24.5. The predicted molar refractivity (Wildman–Crippen MR) is 39.3 cm³/mol. The molecule has 0 aromatic heterocycles. The molecule has 14 heavy (non-hydrogen) atoms. The quantitative estimate of drug-likeness (QED) is 0.276. The van der Waals surface area contributed by atoms with Gasteiger partial charge in [-0.05, 0) is 0 Å². The summed E-state index contributed by atoms with van der Waals surface area (Å²) < 4.78 is 10.2. The fourth-order valence-electron chi connectivity index (χ4n) is 0.249. The van der Waals surface area contributed by atoms with Gasteiger partial charge in [-0.15, -0.1) is 0 Å². The molecule has 4 nitrogen and oxygen atoms in total. The fraction of sp³-hybridized carbons (Fsp3) is 1.00. The van der Waals surface area contributed by atoms with Gasteiger partial charge in [-0.25, -0.2) is 0 Å². The molecule has 0 saturated carbocycles. The van der Waals surface area contributed by atoms with E-state index in [1.807, 2.05) is 38.0 Å². The van der Waals surface area contributed by atoms with Gasteiger partial charge in [-0.2, -0.15) is 0 Å². The van der Waals surface area contributed by atoms with Gasteiger partial charge in [0.05, 0.1) is 0 Å². The summed E-state index contributed by atoms with van der Waals surface area (Å²) in [6.45, 7) is 1.21. The number of nitrogens with zero attached hydrogens (tertiary/aromatic N) is 2. The third kappa shape index (κ3) is 23.2. The normalized spacial score (nSPS) is 8.71. The van der Waals surface area contributed by atoms with Crippen LogP contribution < -0.4 is 37.2 Å². The van der Waals surface area contributed by atoms with Gasteiger partial charge in [-0.3, -0.25) is 0 Å². The maximum atomic E-state index is 5.12. The van der Waals surface area contributed by atoms with Crippen molar-refractivity contribution in [2.75, 3.05) is 41.7 Å². The van der Waals surface area contributed by atoms with Gasteiger partial charge in [0, 0.05) is 0 Å². The molecule has 0 atom stereocenters. The van der Waals surface area contributed by atoms with E-state index >= 15 is 0 Å². The zero-order valence-corrected chi connectivity index (χ0v) is 12.0. The van der Waals surface area contributed by atoms with E-state index in [1.165, 1.54) is 0 Å². The van der Waals surface area contributed by atoms with Crippen molar-refractivity contribution in [2.24, 2.45) is 0 Å². The molecule has 0 fully saturated rings. The number of halogens is 3. The van der Waals surface area contributed by atoms with Crippen LogP contribution in [0, 0.1) is 0 Å². The Morgan fingerprint density at radius 3 is 1.29 bits per heavy atom. The van der Waals surface area contributed by atoms with Crippen molar-refractivity contribution in [3.8, 4) is 0 Å². The molecule has 0 aliphatic rings. The van der Waals surface area contributed by atoms with Gasteiger partial charge in [0.15, 0.2) is 0 Å². The molecule has 8 heteroatoms. The van der Waals surface area contributed by atoms with Gasteiger partial charge in [0.2, 0.25) is 0 Å². The number of rotatable bonds is 6. The third-order valence-electron chi connectivity index (χ3n) is 0.691. The summed E-state index contributed by atoms with van der Waals surface area (Å²) >= 11 is 0.357. The Hall–Kier alpha value is 1.23. The molecule has 0 aromatic carbocycles. The van der Waals surface area contributed by atoms with E-state index in [1.54, 1.807) is 0 Å². The Labute approximate surface area is 112 Å². The van der Waals surface area contributed by atoms with Crippen LogP contribution in [-0.4, -0.2) is 51.5 Å². The van der Waals surface area contributed by atoms with Crippen LogP contribution in [0.1, 0.15) is 0 Å². The number of hydrogen-bond donors (Lipinski definition) is 0. The molecule has 0 aliphatic heterocycles. The topological polar surface area (TPSA) is 24.9 Å². The second-order valence-corrected chi connectivity index (χ2v) is 3.50. The molecule has 0 heterocycles. The van der Waals surface area contributed by atoms with E-state index in [9.17, 15) is 0 Å². The Kier molecular flexibility index (Phi) is 29.1. The molecule has 0 radical (unpaired) electrons. The van der Waals surface area contributed by atoms with Crippen LogP contribution in [0.25, 0.3) is 0 Å². The average molecular weight is 310 g/mol. The van der Waals surface area contributed by atoms with Crippen LogP contribution in [0.15, 0.2) is 0 Å². The molecule has 0 saturated heterocycles. The summed E-state index contributed by atoms with van der Waals surface area (Å²) in [4.78, 5) is 3.89. The minimum Gasteiger partial charge on any atom is -1.00 e. The van der Waals surface area contributed by atoms with E-state index in [0.29, 0.717) is 29.1 Å². The van der Waals surface area contributed by atoms with Crippen LogP contribution in [0.3, 0.4) is 0 Å². The van der Waals surface area contributed by atoms with Crippen molar-refractivity contribution in [1.29, 1.82) is 0 Å². The average Bonchev–Trinajstić information content (AvgIpc) is 1.85. The van der Waals surface area contributed by atoms with Crippen molar-refractivity contribution in [3.63, 3.8) is 0 Å². The Balaban J connectivity index is -0.000000167. The van der Waals surface area contributed by atoms with Gasteiger partial charge >= 0.3 is 74.7 Å². The second kappa shape index (κ2) is 16.7. The molecular formula is C6H16Cl3FeN2O2. The van der Waals surface area contributed by atoms with Gasteiger partial charge in [-0.1, -0.05) is 0 Å². The van der Waals surface area contributed by atoms with Crippen LogP contribution in [0.2, 0.25) is 0 Å². The van der Waals surface area contributed by atoms with E-state index in [-0.39, 0.29) is 37.2 Å². The standard InChI is InChI=1S/2C3H8NO.3ClH.Fe/c2*1-4(2)3-5;;;;/h2*3H2,1-2H3;3*1H;/q2*-1;;;;+5/p-3. The molecule has 0 N–H and O–H groups in total. The van der Waals surface area contributed by atoms with Crippen LogP contribution in [0.5, 0.6) is 0 Å². The summed E-state index contributed by atoms with van der Waals surface area (Å²) in [5.74, 6) is 0. The first-order chi connectivity index (χ1) is 5.13. The maximum absolute atomic E-state index is 5.12. The first-order valence-corrected chi connectivity index (χ1v) is 4.19.